The van der Waals surface area contributed by atoms with Gasteiger partial charge in [0.1, 0.15) is 18.0 Å². The van der Waals surface area contributed by atoms with Crippen LogP contribution in [0.3, 0.4) is 0 Å². The SMILES string of the molecule is CS(=O)(=O)c1ccc(-n2ccc(OC3CCN(C(=O)OC4CC4)CC3)cc2=O)cc1. The highest BCUT2D eigenvalue weighted by molar-refractivity contribution is 7.90. The molecule has 0 atom stereocenters. The Morgan fingerprint density at radius 2 is 1.67 bits per heavy atom. The van der Waals surface area contributed by atoms with E-state index < -0.39 is 9.84 Å². The van der Waals surface area contributed by atoms with Crippen molar-refractivity contribution >= 4 is 15.9 Å². The number of benzene rings is 1. The van der Waals surface area contributed by atoms with E-state index in [1.807, 2.05) is 0 Å². The van der Waals surface area contributed by atoms with Crippen molar-refractivity contribution in [3.8, 4) is 11.4 Å². The number of carbonyl (C=O) groups excluding carboxylic acids is 1. The molecule has 2 fully saturated rings. The quantitative estimate of drug-likeness (QED) is 0.720. The van der Waals surface area contributed by atoms with Gasteiger partial charge in [-0.25, -0.2) is 13.2 Å². The van der Waals surface area contributed by atoms with Crippen LogP contribution in [0.4, 0.5) is 4.79 Å². The van der Waals surface area contributed by atoms with E-state index >= 15 is 0 Å². The summed E-state index contributed by atoms with van der Waals surface area (Å²) in [5, 5.41) is 0. The van der Waals surface area contributed by atoms with Gasteiger partial charge >= 0.3 is 6.09 Å². The molecule has 1 amide bonds. The largest absolute Gasteiger partial charge is 0.490 e. The maximum atomic E-state index is 12.5. The smallest absolute Gasteiger partial charge is 0.410 e. The molecular weight excluding hydrogens is 408 g/mol. The van der Waals surface area contributed by atoms with E-state index in [4.69, 9.17) is 9.47 Å². The van der Waals surface area contributed by atoms with Gasteiger partial charge in [-0.3, -0.25) is 9.36 Å². The Bertz CT molecular complexity index is 1080. The van der Waals surface area contributed by atoms with Crippen LogP contribution in [-0.2, 0) is 14.6 Å². The highest BCUT2D eigenvalue weighted by Crippen LogP contribution is 2.25. The third-order valence-corrected chi connectivity index (χ3v) is 6.36. The third-order valence-electron chi connectivity index (χ3n) is 5.23. The van der Waals surface area contributed by atoms with Crippen LogP contribution in [0.2, 0.25) is 0 Å². The van der Waals surface area contributed by atoms with Crippen molar-refractivity contribution in [3.05, 3.63) is 52.9 Å². The molecule has 1 aromatic heterocycles. The molecule has 1 aliphatic carbocycles. The second kappa shape index (κ2) is 8.14. The molecule has 8 nitrogen and oxygen atoms in total. The Balaban J connectivity index is 1.37. The van der Waals surface area contributed by atoms with Crippen LogP contribution in [0.25, 0.3) is 5.69 Å². The number of ether oxygens (including phenoxy) is 2. The Morgan fingerprint density at radius 1 is 1.00 bits per heavy atom. The topological polar surface area (TPSA) is 94.9 Å². The highest BCUT2D eigenvalue weighted by atomic mass is 32.2. The van der Waals surface area contributed by atoms with Gasteiger partial charge in [0.25, 0.3) is 5.56 Å². The molecule has 0 spiro atoms. The van der Waals surface area contributed by atoms with Crippen LogP contribution in [0, 0.1) is 0 Å². The molecular formula is C21H24N2O6S. The number of amides is 1. The monoisotopic (exact) mass is 432 g/mol. The summed E-state index contributed by atoms with van der Waals surface area (Å²) in [4.78, 5) is 26.4. The number of piperidine rings is 1. The number of hydrogen-bond acceptors (Lipinski definition) is 6. The highest BCUT2D eigenvalue weighted by Gasteiger charge is 2.31. The fourth-order valence-corrected chi connectivity index (χ4v) is 3.98. The first kappa shape index (κ1) is 20.5. The molecule has 160 valence electrons. The zero-order valence-corrected chi connectivity index (χ0v) is 17.5. The second-order valence-electron chi connectivity index (χ2n) is 7.72. The van der Waals surface area contributed by atoms with Gasteiger partial charge in [-0.1, -0.05) is 0 Å². The van der Waals surface area contributed by atoms with Gasteiger partial charge in [0.15, 0.2) is 9.84 Å². The number of nitrogens with zero attached hydrogens (tertiary/aromatic N) is 2. The first-order valence-electron chi connectivity index (χ1n) is 9.95. The number of rotatable bonds is 5. The summed E-state index contributed by atoms with van der Waals surface area (Å²) >= 11 is 0. The maximum Gasteiger partial charge on any atom is 0.410 e. The molecule has 2 aliphatic rings. The third kappa shape index (κ3) is 4.84. The summed E-state index contributed by atoms with van der Waals surface area (Å²) in [7, 11) is -3.29. The summed E-state index contributed by atoms with van der Waals surface area (Å²) in [6.07, 6.45) is 5.79. The first-order chi connectivity index (χ1) is 14.3. The Kier molecular flexibility index (Phi) is 5.55. The van der Waals surface area contributed by atoms with Crippen LogP contribution in [0.1, 0.15) is 25.7 Å². The average Bonchev–Trinajstić information content (AvgIpc) is 3.52. The number of sulfone groups is 1. The summed E-state index contributed by atoms with van der Waals surface area (Å²) in [6, 6.07) is 9.26. The molecule has 0 N–H and O–H groups in total. The van der Waals surface area contributed by atoms with Crippen molar-refractivity contribution in [1.29, 1.82) is 0 Å². The lowest BCUT2D eigenvalue weighted by atomic mass is 10.1. The molecule has 9 heteroatoms. The van der Waals surface area contributed by atoms with Gasteiger partial charge < -0.3 is 14.4 Å². The van der Waals surface area contributed by atoms with Crippen LogP contribution in [0.15, 0.2) is 52.3 Å². The van der Waals surface area contributed by atoms with Crippen molar-refractivity contribution < 1.29 is 22.7 Å². The van der Waals surface area contributed by atoms with Crippen LogP contribution >= 0.6 is 0 Å². The molecule has 4 rings (SSSR count). The molecule has 1 aromatic carbocycles. The summed E-state index contributed by atoms with van der Waals surface area (Å²) in [6.45, 7) is 1.14. The van der Waals surface area contributed by atoms with Crippen LogP contribution < -0.4 is 10.3 Å². The number of pyridine rings is 1. The van der Waals surface area contributed by atoms with Gasteiger partial charge in [-0.05, 0) is 43.2 Å². The number of likely N-dealkylation sites (tertiary alicyclic amines) is 1. The van der Waals surface area contributed by atoms with E-state index in [0.717, 1.165) is 19.1 Å². The molecule has 30 heavy (non-hydrogen) atoms. The Hall–Kier alpha value is -2.81. The summed E-state index contributed by atoms with van der Waals surface area (Å²) in [5.41, 5.74) is 0.298. The van der Waals surface area contributed by atoms with Gasteiger partial charge in [0.05, 0.1) is 4.90 Å². The number of hydrogen-bond donors (Lipinski definition) is 0. The minimum Gasteiger partial charge on any atom is -0.490 e. The van der Waals surface area contributed by atoms with E-state index in [1.54, 1.807) is 29.3 Å². The van der Waals surface area contributed by atoms with E-state index in [1.165, 1.54) is 22.8 Å². The lowest BCUT2D eigenvalue weighted by Crippen LogP contribution is -2.42. The molecule has 2 heterocycles. The van der Waals surface area contributed by atoms with Crippen molar-refractivity contribution in [2.24, 2.45) is 0 Å². The van der Waals surface area contributed by atoms with Gasteiger partial charge in [-0.15, -0.1) is 0 Å². The first-order valence-corrected chi connectivity index (χ1v) is 11.8. The zero-order valence-electron chi connectivity index (χ0n) is 16.7. The van der Waals surface area contributed by atoms with Crippen molar-refractivity contribution in [2.75, 3.05) is 19.3 Å². The number of carbonyl (C=O) groups is 1. The predicted molar refractivity (Wildman–Crippen MR) is 110 cm³/mol. The second-order valence-corrected chi connectivity index (χ2v) is 9.74. The fraction of sp³-hybridized carbons (Fsp3) is 0.429. The molecule has 0 unspecified atom stereocenters. The lowest BCUT2D eigenvalue weighted by molar-refractivity contribution is 0.0637. The minimum atomic E-state index is -3.29. The number of aromatic nitrogens is 1. The maximum absolute atomic E-state index is 12.5. The lowest BCUT2D eigenvalue weighted by Gasteiger charge is -2.31. The van der Waals surface area contributed by atoms with E-state index in [9.17, 15) is 18.0 Å². The summed E-state index contributed by atoms with van der Waals surface area (Å²) in [5.74, 6) is 0.475. The standard InChI is InChI=1S/C21H24N2O6S/c1-30(26,27)19-6-2-15(3-7-19)23-13-10-18(14-20(23)24)28-17-8-11-22(12-9-17)21(25)29-16-4-5-16/h2-3,6-7,10,13-14,16-17H,4-5,8-9,11-12H2,1H3. The normalized spacial score (nSPS) is 17.6. The summed E-state index contributed by atoms with van der Waals surface area (Å²) < 4.78 is 35.8. The molecule has 0 bridgehead atoms. The van der Waals surface area contributed by atoms with Gasteiger partial charge in [-0.2, -0.15) is 0 Å². The Morgan fingerprint density at radius 3 is 2.23 bits per heavy atom. The van der Waals surface area contributed by atoms with Gasteiger partial charge in [0, 0.05) is 50.1 Å². The molecule has 0 radical (unpaired) electrons. The zero-order chi connectivity index (χ0) is 21.3. The van der Waals surface area contributed by atoms with Crippen molar-refractivity contribution in [3.63, 3.8) is 0 Å². The molecule has 1 saturated carbocycles. The minimum absolute atomic E-state index is 0.0701. The van der Waals surface area contributed by atoms with Crippen molar-refractivity contribution in [1.82, 2.24) is 9.47 Å². The predicted octanol–water partition coefficient (Wildman–Crippen LogP) is 2.38. The fourth-order valence-electron chi connectivity index (χ4n) is 3.35. The van der Waals surface area contributed by atoms with Gasteiger partial charge in [0.2, 0.25) is 0 Å². The average molecular weight is 432 g/mol. The van der Waals surface area contributed by atoms with Crippen LogP contribution in [0.5, 0.6) is 5.75 Å². The van der Waals surface area contributed by atoms with Crippen molar-refractivity contribution in [2.45, 2.75) is 42.8 Å². The molecule has 1 aliphatic heterocycles. The van der Waals surface area contributed by atoms with Crippen LogP contribution in [-0.4, -0.2) is 55.5 Å². The molecule has 1 saturated heterocycles. The van der Waals surface area contributed by atoms with E-state index in [2.05, 4.69) is 0 Å². The van der Waals surface area contributed by atoms with E-state index in [0.29, 0.717) is 37.4 Å². The Labute approximate surface area is 174 Å². The molecule has 2 aromatic rings. The van der Waals surface area contributed by atoms with E-state index in [-0.39, 0.29) is 28.8 Å².